The van der Waals surface area contributed by atoms with Crippen LogP contribution in [0.2, 0.25) is 0 Å². The van der Waals surface area contributed by atoms with Crippen molar-refractivity contribution >= 4 is 42.9 Å². The number of rotatable bonds is 3. The molecule has 1 fully saturated rings. The number of anilines is 1. The Morgan fingerprint density at radius 3 is 2.58 bits per heavy atom. The van der Waals surface area contributed by atoms with Gasteiger partial charge < -0.3 is 5.32 Å². The molecule has 0 saturated carbocycles. The van der Waals surface area contributed by atoms with E-state index in [0.29, 0.717) is 23.7 Å². The maximum Gasteiger partial charge on any atom is 0.286 e. The summed E-state index contributed by atoms with van der Waals surface area (Å²) in [5.74, 6) is 0.249. The van der Waals surface area contributed by atoms with Crippen LogP contribution in [0.15, 0.2) is 49.9 Å². The molecule has 1 aromatic heterocycles. The van der Waals surface area contributed by atoms with Gasteiger partial charge >= 0.3 is 0 Å². The normalized spacial score (nSPS) is 20.1. The van der Waals surface area contributed by atoms with Gasteiger partial charge in [-0.1, -0.05) is 12.5 Å². The number of amidine groups is 1. The molecule has 0 atom stereocenters. The molecule has 2 aliphatic heterocycles. The van der Waals surface area contributed by atoms with E-state index < -0.39 is 20.0 Å². The third kappa shape index (κ3) is 3.07. The predicted molar refractivity (Wildman–Crippen MR) is 101 cm³/mol. The minimum Gasteiger partial charge on any atom is -0.337 e. The Balaban J connectivity index is 1.74. The first-order valence-corrected chi connectivity index (χ1v) is 11.9. The van der Waals surface area contributed by atoms with Crippen LogP contribution in [0.25, 0.3) is 0 Å². The van der Waals surface area contributed by atoms with Crippen LogP contribution in [0.5, 0.6) is 0 Å². The van der Waals surface area contributed by atoms with Crippen LogP contribution < -0.4 is 5.32 Å². The van der Waals surface area contributed by atoms with Crippen molar-refractivity contribution < 1.29 is 16.8 Å². The van der Waals surface area contributed by atoms with E-state index in [1.165, 1.54) is 33.8 Å². The molecule has 0 unspecified atom stereocenters. The van der Waals surface area contributed by atoms with Gasteiger partial charge in [-0.2, -0.15) is 12.7 Å². The Hall–Kier alpha value is -1.75. The van der Waals surface area contributed by atoms with Gasteiger partial charge in [0.1, 0.15) is 4.90 Å². The van der Waals surface area contributed by atoms with Crippen molar-refractivity contribution in [3.05, 3.63) is 40.6 Å². The fourth-order valence-electron chi connectivity index (χ4n) is 3.07. The molecule has 0 aliphatic carbocycles. The molecule has 26 heavy (non-hydrogen) atoms. The average molecular weight is 412 g/mol. The van der Waals surface area contributed by atoms with Gasteiger partial charge in [0.2, 0.25) is 10.0 Å². The second-order valence-electron chi connectivity index (χ2n) is 6.14. The van der Waals surface area contributed by atoms with Crippen LogP contribution in [0.4, 0.5) is 5.69 Å². The van der Waals surface area contributed by atoms with E-state index in [-0.39, 0.29) is 15.6 Å². The monoisotopic (exact) mass is 411 g/mol. The number of fused-ring (bicyclic) bond motifs is 1. The molecule has 7 nitrogen and oxygen atoms in total. The summed E-state index contributed by atoms with van der Waals surface area (Å²) in [4.78, 5) is 0.568. The van der Waals surface area contributed by atoms with Crippen LogP contribution in [0.3, 0.4) is 0 Å². The quantitative estimate of drug-likeness (QED) is 0.837. The van der Waals surface area contributed by atoms with Gasteiger partial charge in [-0.05, 0) is 42.5 Å². The van der Waals surface area contributed by atoms with E-state index in [4.69, 9.17) is 0 Å². The molecule has 2 aliphatic rings. The highest BCUT2D eigenvalue weighted by Crippen LogP contribution is 2.32. The summed E-state index contributed by atoms with van der Waals surface area (Å²) in [6, 6.07) is 7.72. The zero-order valence-electron chi connectivity index (χ0n) is 13.8. The van der Waals surface area contributed by atoms with Crippen LogP contribution >= 0.6 is 11.3 Å². The third-order valence-corrected chi connectivity index (χ3v) is 8.49. The molecule has 10 heteroatoms. The number of hydrogen-bond donors (Lipinski definition) is 1. The minimum absolute atomic E-state index is 0.0155. The van der Waals surface area contributed by atoms with Gasteiger partial charge in [-0.15, -0.1) is 15.7 Å². The van der Waals surface area contributed by atoms with E-state index >= 15 is 0 Å². The molecule has 1 N–H and O–H groups in total. The third-order valence-electron chi connectivity index (χ3n) is 4.40. The lowest BCUT2D eigenvalue weighted by atomic mass is 10.2. The second-order valence-corrected chi connectivity index (χ2v) is 10.6. The summed E-state index contributed by atoms with van der Waals surface area (Å²) in [5, 5.41) is 4.82. The van der Waals surface area contributed by atoms with Crippen LogP contribution in [-0.4, -0.2) is 40.1 Å². The van der Waals surface area contributed by atoms with Gasteiger partial charge in [0, 0.05) is 13.1 Å². The highest BCUT2D eigenvalue weighted by molar-refractivity contribution is 7.91. The molecule has 0 radical (unpaired) electrons. The molecule has 2 aromatic rings. The molecular weight excluding hydrogens is 394 g/mol. The Bertz CT molecular complexity index is 1070. The largest absolute Gasteiger partial charge is 0.337 e. The fourth-order valence-corrected chi connectivity index (χ4v) is 6.57. The van der Waals surface area contributed by atoms with Crippen molar-refractivity contribution in [2.45, 2.75) is 29.1 Å². The Morgan fingerprint density at radius 1 is 1.12 bits per heavy atom. The zero-order valence-corrected chi connectivity index (χ0v) is 16.2. The average Bonchev–Trinajstić information content (AvgIpc) is 3.16. The lowest BCUT2D eigenvalue weighted by Crippen LogP contribution is -2.35. The SMILES string of the molecule is O=S1(=O)N=C(c2cccs2)Nc2ccc(S(=O)(=O)N3CCCCC3)cc21. The molecular formula is C16H17N3O4S3. The molecule has 1 saturated heterocycles. The topological polar surface area (TPSA) is 95.9 Å². The summed E-state index contributed by atoms with van der Waals surface area (Å²) in [7, 11) is -7.69. The number of hydrogen-bond acceptors (Lipinski definition) is 6. The number of nitrogens with zero attached hydrogens (tertiary/aromatic N) is 2. The number of sulfonamides is 2. The van der Waals surface area contributed by atoms with Crippen molar-refractivity contribution in [3.8, 4) is 0 Å². The first-order chi connectivity index (χ1) is 12.4. The van der Waals surface area contributed by atoms with Crippen molar-refractivity contribution in [1.82, 2.24) is 4.31 Å². The smallest absolute Gasteiger partial charge is 0.286 e. The standard InChI is InChI=1S/C16H17N3O4S3/c20-25(21)15-11-12(26(22,23)19-8-2-1-3-9-19)6-7-13(15)17-16(18-25)14-5-4-10-24-14/h4-7,10-11H,1-3,8-9H2,(H,17,18). The minimum atomic E-state index is -3.98. The summed E-state index contributed by atoms with van der Waals surface area (Å²) >= 11 is 1.37. The van der Waals surface area contributed by atoms with Crippen LogP contribution in [-0.2, 0) is 20.0 Å². The lowest BCUT2D eigenvalue weighted by molar-refractivity contribution is 0.346. The van der Waals surface area contributed by atoms with E-state index in [2.05, 4.69) is 9.71 Å². The molecule has 0 amide bonds. The zero-order chi connectivity index (χ0) is 18.4. The van der Waals surface area contributed by atoms with Crippen molar-refractivity contribution in [1.29, 1.82) is 0 Å². The van der Waals surface area contributed by atoms with Crippen LogP contribution in [0, 0.1) is 0 Å². The first kappa shape index (κ1) is 17.7. The maximum absolute atomic E-state index is 12.8. The highest BCUT2D eigenvalue weighted by atomic mass is 32.2. The van der Waals surface area contributed by atoms with Gasteiger partial charge in [0.25, 0.3) is 10.0 Å². The van der Waals surface area contributed by atoms with E-state index in [1.807, 2.05) is 5.38 Å². The number of piperidine rings is 1. The summed E-state index contributed by atoms with van der Waals surface area (Å²) in [5.41, 5.74) is 0.334. The molecule has 0 spiro atoms. The summed E-state index contributed by atoms with van der Waals surface area (Å²) in [6.07, 6.45) is 2.64. The Labute approximate surface area is 156 Å². The summed E-state index contributed by atoms with van der Waals surface area (Å²) < 4.78 is 56.1. The predicted octanol–water partition coefficient (Wildman–Crippen LogP) is 2.48. The number of nitrogens with one attached hydrogen (secondary N) is 1. The Kier molecular flexibility index (Phi) is 4.38. The van der Waals surface area contributed by atoms with E-state index in [1.54, 1.807) is 12.1 Å². The summed E-state index contributed by atoms with van der Waals surface area (Å²) in [6.45, 7) is 0.927. The first-order valence-electron chi connectivity index (χ1n) is 8.18. The van der Waals surface area contributed by atoms with Gasteiger partial charge in [0.15, 0.2) is 5.84 Å². The fraction of sp³-hybridized carbons (Fsp3) is 0.312. The van der Waals surface area contributed by atoms with Gasteiger partial charge in [0.05, 0.1) is 15.5 Å². The lowest BCUT2D eigenvalue weighted by Gasteiger charge is -2.26. The van der Waals surface area contributed by atoms with E-state index in [0.717, 1.165) is 19.3 Å². The molecule has 138 valence electrons. The van der Waals surface area contributed by atoms with Crippen molar-refractivity contribution in [3.63, 3.8) is 0 Å². The Morgan fingerprint density at radius 2 is 1.88 bits per heavy atom. The molecule has 0 bridgehead atoms. The molecule has 4 rings (SSSR count). The van der Waals surface area contributed by atoms with E-state index in [9.17, 15) is 16.8 Å². The van der Waals surface area contributed by atoms with Gasteiger partial charge in [-0.25, -0.2) is 8.42 Å². The second kappa shape index (κ2) is 6.45. The van der Waals surface area contributed by atoms with Crippen molar-refractivity contribution in [2.75, 3.05) is 18.4 Å². The molecule has 1 aromatic carbocycles. The number of benzene rings is 1. The van der Waals surface area contributed by atoms with Gasteiger partial charge in [-0.3, -0.25) is 0 Å². The maximum atomic E-state index is 12.8. The highest BCUT2D eigenvalue weighted by Gasteiger charge is 2.31. The molecule has 3 heterocycles. The van der Waals surface area contributed by atoms with Crippen LogP contribution in [0.1, 0.15) is 24.1 Å². The van der Waals surface area contributed by atoms with Crippen molar-refractivity contribution in [2.24, 2.45) is 4.40 Å². The number of thiophene rings is 1.